The fourth-order valence-corrected chi connectivity index (χ4v) is 2.67. The van der Waals surface area contributed by atoms with Gasteiger partial charge in [0.15, 0.2) is 0 Å². The van der Waals surface area contributed by atoms with E-state index in [-0.39, 0.29) is 12.0 Å². The number of hydrogen-bond acceptors (Lipinski definition) is 3. The van der Waals surface area contributed by atoms with Crippen LogP contribution >= 0.6 is 0 Å². The number of carbonyl (C=O) groups excluding carboxylic acids is 1. The van der Waals surface area contributed by atoms with Gasteiger partial charge in [-0.2, -0.15) is 0 Å². The third-order valence-corrected chi connectivity index (χ3v) is 3.66. The van der Waals surface area contributed by atoms with E-state index >= 15 is 0 Å². The molecule has 0 radical (unpaired) electrons. The van der Waals surface area contributed by atoms with Crippen LogP contribution in [0.5, 0.6) is 0 Å². The Labute approximate surface area is 115 Å². The van der Waals surface area contributed by atoms with E-state index in [0.717, 1.165) is 19.5 Å². The molecule has 1 atom stereocenters. The second-order valence-corrected chi connectivity index (χ2v) is 5.05. The lowest BCUT2D eigenvalue weighted by molar-refractivity contribution is -0.150. The smallest absolute Gasteiger partial charge is 0.323 e. The first-order valence-electron chi connectivity index (χ1n) is 7.26. The zero-order chi connectivity index (χ0) is 13.5. The molecule has 0 N–H and O–H groups in total. The molecular formula is C16H23NO2. The molecule has 19 heavy (non-hydrogen) atoms. The van der Waals surface area contributed by atoms with E-state index in [4.69, 9.17) is 4.74 Å². The second kappa shape index (κ2) is 7.29. The number of esters is 1. The monoisotopic (exact) mass is 261 g/mol. The van der Waals surface area contributed by atoms with E-state index in [1.807, 2.05) is 25.1 Å². The first kappa shape index (κ1) is 14.1. The first-order chi connectivity index (χ1) is 9.31. The van der Waals surface area contributed by atoms with Crippen LogP contribution in [0.25, 0.3) is 0 Å². The average molecular weight is 261 g/mol. The van der Waals surface area contributed by atoms with E-state index in [2.05, 4.69) is 17.0 Å². The van der Waals surface area contributed by atoms with Crippen molar-refractivity contribution < 1.29 is 9.53 Å². The van der Waals surface area contributed by atoms with E-state index in [9.17, 15) is 4.79 Å². The number of benzene rings is 1. The molecule has 0 amide bonds. The molecule has 1 saturated heterocycles. The standard InChI is InChI=1S/C16H23NO2/c1-2-19-16(18)15(17-11-7-4-8-12-17)13-14-9-5-3-6-10-14/h3,5-6,9-10,15H,2,4,7-8,11-13H2,1H3/t15-/m0/s1. The summed E-state index contributed by atoms with van der Waals surface area (Å²) in [5.74, 6) is -0.0757. The van der Waals surface area contributed by atoms with Crippen molar-refractivity contribution in [2.24, 2.45) is 0 Å². The topological polar surface area (TPSA) is 29.5 Å². The van der Waals surface area contributed by atoms with Gasteiger partial charge in [-0.15, -0.1) is 0 Å². The maximum Gasteiger partial charge on any atom is 0.323 e. The molecule has 1 aliphatic rings. The molecule has 2 rings (SSSR count). The van der Waals surface area contributed by atoms with Crippen LogP contribution in [-0.4, -0.2) is 36.6 Å². The molecule has 0 spiro atoms. The molecule has 1 aliphatic heterocycles. The molecule has 0 aromatic heterocycles. The molecular weight excluding hydrogens is 238 g/mol. The maximum atomic E-state index is 12.2. The molecule has 0 saturated carbocycles. The predicted molar refractivity (Wildman–Crippen MR) is 76.0 cm³/mol. The Morgan fingerprint density at radius 2 is 1.89 bits per heavy atom. The molecule has 1 aromatic carbocycles. The molecule has 3 heteroatoms. The number of nitrogens with zero attached hydrogens (tertiary/aromatic N) is 1. The van der Waals surface area contributed by atoms with Crippen molar-refractivity contribution in [3.63, 3.8) is 0 Å². The minimum atomic E-state index is -0.123. The van der Waals surface area contributed by atoms with Crippen molar-refractivity contribution in [3.05, 3.63) is 35.9 Å². The normalized spacial score (nSPS) is 17.9. The number of likely N-dealkylation sites (tertiary alicyclic amines) is 1. The van der Waals surface area contributed by atoms with Crippen LogP contribution in [0.1, 0.15) is 31.7 Å². The van der Waals surface area contributed by atoms with E-state index < -0.39 is 0 Å². The van der Waals surface area contributed by atoms with Gasteiger partial charge in [0.2, 0.25) is 0 Å². The third-order valence-electron chi connectivity index (χ3n) is 3.66. The van der Waals surface area contributed by atoms with Gasteiger partial charge in [-0.05, 0) is 44.8 Å². The van der Waals surface area contributed by atoms with Crippen molar-refractivity contribution in [3.8, 4) is 0 Å². The van der Waals surface area contributed by atoms with E-state index in [0.29, 0.717) is 6.61 Å². The van der Waals surface area contributed by atoms with Crippen LogP contribution in [0.4, 0.5) is 0 Å². The molecule has 104 valence electrons. The summed E-state index contributed by atoms with van der Waals surface area (Å²) >= 11 is 0. The molecule has 0 bridgehead atoms. The molecule has 1 aromatic rings. The summed E-state index contributed by atoms with van der Waals surface area (Å²) in [4.78, 5) is 14.5. The van der Waals surface area contributed by atoms with Crippen LogP contribution in [0.2, 0.25) is 0 Å². The first-order valence-corrected chi connectivity index (χ1v) is 7.26. The Morgan fingerprint density at radius 1 is 1.21 bits per heavy atom. The van der Waals surface area contributed by atoms with Crippen molar-refractivity contribution in [2.75, 3.05) is 19.7 Å². The quantitative estimate of drug-likeness (QED) is 0.763. The number of rotatable bonds is 5. The largest absolute Gasteiger partial charge is 0.465 e. The Bertz CT molecular complexity index is 385. The van der Waals surface area contributed by atoms with Gasteiger partial charge in [-0.25, -0.2) is 0 Å². The van der Waals surface area contributed by atoms with Crippen molar-refractivity contribution in [2.45, 2.75) is 38.6 Å². The van der Waals surface area contributed by atoms with Crippen LogP contribution in [0.15, 0.2) is 30.3 Å². The zero-order valence-corrected chi connectivity index (χ0v) is 11.7. The SMILES string of the molecule is CCOC(=O)[C@H](Cc1ccccc1)N1CCCCC1. The lowest BCUT2D eigenvalue weighted by Gasteiger charge is -2.33. The summed E-state index contributed by atoms with van der Waals surface area (Å²) in [7, 11) is 0. The fraction of sp³-hybridized carbons (Fsp3) is 0.562. The van der Waals surface area contributed by atoms with Crippen molar-refractivity contribution in [1.29, 1.82) is 0 Å². The summed E-state index contributed by atoms with van der Waals surface area (Å²) in [5, 5.41) is 0. The second-order valence-electron chi connectivity index (χ2n) is 5.05. The minimum Gasteiger partial charge on any atom is -0.465 e. The molecule has 1 fully saturated rings. The number of hydrogen-bond donors (Lipinski definition) is 0. The van der Waals surface area contributed by atoms with Crippen molar-refractivity contribution in [1.82, 2.24) is 4.90 Å². The molecule has 0 unspecified atom stereocenters. The number of carbonyl (C=O) groups is 1. The Hall–Kier alpha value is -1.35. The highest BCUT2D eigenvalue weighted by molar-refractivity contribution is 5.76. The van der Waals surface area contributed by atoms with Crippen LogP contribution in [-0.2, 0) is 16.0 Å². The molecule has 0 aliphatic carbocycles. The van der Waals surface area contributed by atoms with Gasteiger partial charge < -0.3 is 4.74 Å². The summed E-state index contributed by atoms with van der Waals surface area (Å²) in [6.45, 7) is 4.35. The summed E-state index contributed by atoms with van der Waals surface area (Å²) in [6.07, 6.45) is 4.40. The highest BCUT2D eigenvalue weighted by Gasteiger charge is 2.28. The predicted octanol–water partition coefficient (Wildman–Crippen LogP) is 2.65. The van der Waals surface area contributed by atoms with Crippen LogP contribution in [0.3, 0.4) is 0 Å². The van der Waals surface area contributed by atoms with Crippen LogP contribution < -0.4 is 0 Å². The van der Waals surface area contributed by atoms with Gasteiger partial charge in [0, 0.05) is 0 Å². The highest BCUT2D eigenvalue weighted by Crippen LogP contribution is 2.17. The lowest BCUT2D eigenvalue weighted by atomic mass is 10.0. The summed E-state index contributed by atoms with van der Waals surface area (Å²) in [5.41, 5.74) is 1.20. The Kier molecular flexibility index (Phi) is 5.40. The van der Waals surface area contributed by atoms with E-state index in [1.165, 1.54) is 24.8 Å². The minimum absolute atomic E-state index is 0.0757. The van der Waals surface area contributed by atoms with E-state index in [1.54, 1.807) is 0 Å². The van der Waals surface area contributed by atoms with Gasteiger partial charge in [0.05, 0.1) is 6.61 Å². The third kappa shape index (κ3) is 4.06. The van der Waals surface area contributed by atoms with Crippen LogP contribution in [0, 0.1) is 0 Å². The van der Waals surface area contributed by atoms with Gasteiger partial charge in [0.25, 0.3) is 0 Å². The Balaban J connectivity index is 2.06. The molecule has 3 nitrogen and oxygen atoms in total. The van der Waals surface area contributed by atoms with Gasteiger partial charge >= 0.3 is 5.97 Å². The highest BCUT2D eigenvalue weighted by atomic mass is 16.5. The maximum absolute atomic E-state index is 12.2. The Morgan fingerprint density at radius 3 is 2.53 bits per heavy atom. The number of ether oxygens (including phenoxy) is 1. The summed E-state index contributed by atoms with van der Waals surface area (Å²) in [6, 6.07) is 10.1. The molecule has 1 heterocycles. The summed E-state index contributed by atoms with van der Waals surface area (Å²) < 4.78 is 5.25. The fourth-order valence-electron chi connectivity index (χ4n) is 2.67. The average Bonchev–Trinajstić information content (AvgIpc) is 2.47. The van der Waals surface area contributed by atoms with Crippen molar-refractivity contribution >= 4 is 5.97 Å². The van der Waals surface area contributed by atoms with Gasteiger partial charge in [-0.1, -0.05) is 36.8 Å². The van der Waals surface area contributed by atoms with Gasteiger partial charge in [0.1, 0.15) is 6.04 Å². The number of piperidine rings is 1. The van der Waals surface area contributed by atoms with Gasteiger partial charge in [-0.3, -0.25) is 9.69 Å². The zero-order valence-electron chi connectivity index (χ0n) is 11.7. The lowest BCUT2D eigenvalue weighted by Crippen LogP contribution is -2.46.